The molecule has 0 bridgehead atoms. The van der Waals surface area contributed by atoms with E-state index in [-0.39, 0.29) is 31.5 Å². The normalized spacial score (nSPS) is 39.3. The summed E-state index contributed by atoms with van der Waals surface area (Å²) in [6.07, 6.45) is 0.281. The van der Waals surface area contributed by atoms with Crippen LogP contribution >= 0.6 is 0 Å². The number of aliphatic carboxylic acids is 1. The minimum atomic E-state index is -0.947. The van der Waals surface area contributed by atoms with Gasteiger partial charge in [-0.2, -0.15) is 0 Å². The molecule has 1 rings (SSSR count). The molecule has 4 nitrogen and oxygen atoms in total. The van der Waals surface area contributed by atoms with Crippen LogP contribution in [0.15, 0.2) is 0 Å². The van der Waals surface area contributed by atoms with Gasteiger partial charge in [-0.15, -0.1) is 0 Å². The van der Waals surface area contributed by atoms with E-state index in [1.54, 1.807) is 0 Å². The molecule has 1 saturated heterocycles. The zero-order chi connectivity index (χ0) is 10.1. The number of ether oxygens (including phenoxy) is 1. The predicted octanol–water partition coefficient (Wildman–Crippen LogP) is 0.637. The van der Waals surface area contributed by atoms with E-state index in [9.17, 15) is 9.90 Å². The van der Waals surface area contributed by atoms with Crippen molar-refractivity contribution in [1.82, 2.24) is 0 Å². The molecule has 2 N–H and O–H groups in total. The summed E-state index contributed by atoms with van der Waals surface area (Å²) in [5, 5.41) is 18.5. The summed E-state index contributed by atoms with van der Waals surface area (Å²) in [6.45, 7) is 4.03. The Bertz CT molecular complexity index is 204. The maximum atomic E-state index is 10.3. The van der Waals surface area contributed by atoms with Crippen molar-refractivity contribution in [2.45, 2.75) is 38.4 Å². The van der Waals surface area contributed by atoms with Crippen LogP contribution in [0.4, 0.5) is 0 Å². The SMILES string of the molecule is CC1OCC(O)(CCC(=O)O)C1C. The average Bonchev–Trinajstić information content (AvgIpc) is 2.31. The van der Waals surface area contributed by atoms with Crippen molar-refractivity contribution >= 4 is 5.97 Å². The Kier molecular flexibility index (Phi) is 2.93. The second kappa shape index (κ2) is 3.64. The zero-order valence-corrected chi connectivity index (χ0v) is 7.99. The maximum Gasteiger partial charge on any atom is 0.303 e. The van der Waals surface area contributed by atoms with Crippen LogP contribution in [0.5, 0.6) is 0 Å². The standard InChI is InChI=1S/C9H16O4/c1-6-7(2)13-5-9(6,12)4-3-8(10)11/h6-7,12H,3-5H2,1-2H3,(H,10,11). The Balaban J connectivity index is 2.51. The molecule has 0 radical (unpaired) electrons. The maximum absolute atomic E-state index is 10.3. The number of rotatable bonds is 3. The number of carboxylic acids is 1. The summed E-state index contributed by atoms with van der Waals surface area (Å²) in [7, 11) is 0. The fourth-order valence-electron chi connectivity index (χ4n) is 1.61. The zero-order valence-electron chi connectivity index (χ0n) is 7.99. The first-order valence-corrected chi connectivity index (χ1v) is 4.51. The molecule has 1 aliphatic heterocycles. The van der Waals surface area contributed by atoms with Gasteiger partial charge < -0.3 is 14.9 Å². The summed E-state index contributed by atoms with van der Waals surface area (Å²) in [5.41, 5.74) is -0.947. The van der Waals surface area contributed by atoms with Crippen molar-refractivity contribution < 1.29 is 19.7 Å². The monoisotopic (exact) mass is 188 g/mol. The Hall–Kier alpha value is -0.610. The molecule has 4 heteroatoms. The van der Waals surface area contributed by atoms with Crippen LogP contribution < -0.4 is 0 Å². The highest BCUT2D eigenvalue weighted by atomic mass is 16.5. The molecule has 0 aromatic heterocycles. The third-order valence-electron chi connectivity index (χ3n) is 2.92. The van der Waals surface area contributed by atoms with Crippen LogP contribution in [-0.4, -0.2) is 34.5 Å². The molecule has 1 aliphatic rings. The van der Waals surface area contributed by atoms with Gasteiger partial charge in [0, 0.05) is 12.3 Å². The molecular formula is C9H16O4. The van der Waals surface area contributed by atoms with E-state index in [1.807, 2.05) is 13.8 Å². The van der Waals surface area contributed by atoms with Gasteiger partial charge in [-0.1, -0.05) is 6.92 Å². The van der Waals surface area contributed by atoms with Gasteiger partial charge in [0.05, 0.1) is 18.3 Å². The highest BCUT2D eigenvalue weighted by Crippen LogP contribution is 2.33. The highest BCUT2D eigenvalue weighted by Gasteiger charge is 2.43. The topological polar surface area (TPSA) is 66.8 Å². The molecule has 76 valence electrons. The van der Waals surface area contributed by atoms with Crippen LogP contribution in [-0.2, 0) is 9.53 Å². The van der Waals surface area contributed by atoms with Crippen molar-refractivity contribution in [2.75, 3.05) is 6.61 Å². The number of carbonyl (C=O) groups is 1. The number of hydrogen-bond donors (Lipinski definition) is 2. The largest absolute Gasteiger partial charge is 0.481 e. The van der Waals surface area contributed by atoms with Gasteiger partial charge in [-0.25, -0.2) is 0 Å². The fraction of sp³-hybridized carbons (Fsp3) is 0.889. The molecule has 0 aromatic rings. The van der Waals surface area contributed by atoms with Crippen LogP contribution in [0.2, 0.25) is 0 Å². The van der Waals surface area contributed by atoms with Gasteiger partial charge in [-0.05, 0) is 13.3 Å². The summed E-state index contributed by atoms with van der Waals surface area (Å²) in [4.78, 5) is 10.3. The van der Waals surface area contributed by atoms with Crippen LogP contribution in [0.1, 0.15) is 26.7 Å². The van der Waals surface area contributed by atoms with Crippen molar-refractivity contribution in [3.8, 4) is 0 Å². The van der Waals surface area contributed by atoms with E-state index >= 15 is 0 Å². The van der Waals surface area contributed by atoms with Crippen LogP contribution in [0.3, 0.4) is 0 Å². The summed E-state index contributed by atoms with van der Waals surface area (Å²) in [5.74, 6) is -0.868. The van der Waals surface area contributed by atoms with Gasteiger partial charge >= 0.3 is 5.97 Å². The molecule has 0 aliphatic carbocycles. The molecule has 1 fully saturated rings. The van der Waals surface area contributed by atoms with E-state index in [0.29, 0.717) is 0 Å². The quantitative estimate of drug-likeness (QED) is 0.682. The number of hydrogen-bond acceptors (Lipinski definition) is 3. The average molecular weight is 188 g/mol. The first-order chi connectivity index (χ1) is 5.96. The van der Waals surface area contributed by atoms with Crippen molar-refractivity contribution in [1.29, 1.82) is 0 Å². The second-order valence-electron chi connectivity index (χ2n) is 3.80. The van der Waals surface area contributed by atoms with Gasteiger partial charge in [0.15, 0.2) is 0 Å². The molecule has 0 spiro atoms. The minimum Gasteiger partial charge on any atom is -0.481 e. The molecule has 13 heavy (non-hydrogen) atoms. The molecular weight excluding hydrogens is 172 g/mol. The van der Waals surface area contributed by atoms with Crippen LogP contribution in [0.25, 0.3) is 0 Å². The lowest BCUT2D eigenvalue weighted by molar-refractivity contribution is -0.138. The van der Waals surface area contributed by atoms with E-state index < -0.39 is 11.6 Å². The molecule has 0 amide bonds. The summed E-state index contributed by atoms with van der Waals surface area (Å²) in [6, 6.07) is 0. The van der Waals surface area contributed by atoms with E-state index in [2.05, 4.69) is 0 Å². The van der Waals surface area contributed by atoms with E-state index in [0.717, 1.165) is 0 Å². The Morgan fingerprint density at radius 1 is 1.62 bits per heavy atom. The first-order valence-electron chi connectivity index (χ1n) is 4.51. The fourth-order valence-corrected chi connectivity index (χ4v) is 1.61. The smallest absolute Gasteiger partial charge is 0.303 e. The number of aliphatic hydroxyl groups is 1. The van der Waals surface area contributed by atoms with Gasteiger partial charge in [0.2, 0.25) is 0 Å². The molecule has 0 aromatic carbocycles. The second-order valence-corrected chi connectivity index (χ2v) is 3.80. The van der Waals surface area contributed by atoms with Gasteiger partial charge in [0.25, 0.3) is 0 Å². The third-order valence-corrected chi connectivity index (χ3v) is 2.92. The molecule has 3 atom stereocenters. The lowest BCUT2D eigenvalue weighted by Crippen LogP contribution is -2.37. The summed E-state index contributed by atoms with van der Waals surface area (Å²) < 4.78 is 5.27. The van der Waals surface area contributed by atoms with Crippen molar-refractivity contribution in [3.05, 3.63) is 0 Å². The molecule has 1 heterocycles. The van der Waals surface area contributed by atoms with Gasteiger partial charge in [-0.3, -0.25) is 4.79 Å². The third kappa shape index (κ3) is 2.19. The van der Waals surface area contributed by atoms with Crippen molar-refractivity contribution in [3.63, 3.8) is 0 Å². The van der Waals surface area contributed by atoms with E-state index in [4.69, 9.17) is 9.84 Å². The van der Waals surface area contributed by atoms with Gasteiger partial charge in [0.1, 0.15) is 0 Å². The summed E-state index contributed by atoms with van der Waals surface area (Å²) >= 11 is 0. The molecule has 3 unspecified atom stereocenters. The highest BCUT2D eigenvalue weighted by molar-refractivity contribution is 5.66. The van der Waals surface area contributed by atoms with Crippen LogP contribution in [0, 0.1) is 5.92 Å². The Morgan fingerprint density at radius 2 is 2.23 bits per heavy atom. The predicted molar refractivity (Wildman–Crippen MR) is 46.4 cm³/mol. The molecule has 0 saturated carbocycles. The first kappa shape index (κ1) is 10.5. The lowest BCUT2D eigenvalue weighted by atomic mass is 9.85. The number of carboxylic acid groups (broad SMARTS) is 1. The lowest BCUT2D eigenvalue weighted by Gasteiger charge is -2.25. The minimum absolute atomic E-state index is 0.00306. The Labute approximate surface area is 77.5 Å². The van der Waals surface area contributed by atoms with Crippen molar-refractivity contribution in [2.24, 2.45) is 5.92 Å². The Morgan fingerprint density at radius 3 is 2.62 bits per heavy atom. The van der Waals surface area contributed by atoms with E-state index in [1.165, 1.54) is 0 Å².